The normalized spacial score (nSPS) is 27.8. The molecular weight excluding hydrogens is 162 g/mol. The van der Waals surface area contributed by atoms with E-state index in [0.717, 1.165) is 13.0 Å². The lowest BCUT2D eigenvalue weighted by Crippen LogP contribution is -2.29. The van der Waals surface area contributed by atoms with Crippen molar-refractivity contribution in [2.45, 2.75) is 25.6 Å². The van der Waals surface area contributed by atoms with Gasteiger partial charge in [0, 0.05) is 12.5 Å². The molecule has 0 saturated carbocycles. The summed E-state index contributed by atoms with van der Waals surface area (Å²) in [6.45, 7) is 2.97. The zero-order valence-corrected chi connectivity index (χ0v) is 7.86. The van der Waals surface area contributed by atoms with Crippen molar-refractivity contribution >= 4 is 0 Å². The van der Waals surface area contributed by atoms with Crippen molar-refractivity contribution in [3.8, 4) is 0 Å². The second kappa shape index (κ2) is 3.90. The van der Waals surface area contributed by atoms with E-state index >= 15 is 0 Å². The molecule has 0 amide bonds. The van der Waals surface area contributed by atoms with Crippen LogP contribution in [0.2, 0.25) is 0 Å². The lowest BCUT2D eigenvalue weighted by molar-refractivity contribution is 0.101. The molecule has 0 aromatic heterocycles. The third kappa shape index (κ3) is 2.29. The zero-order chi connectivity index (χ0) is 9.10. The first-order chi connectivity index (χ1) is 6.34. The van der Waals surface area contributed by atoms with E-state index in [4.69, 9.17) is 4.74 Å². The summed E-state index contributed by atoms with van der Waals surface area (Å²) in [5, 5.41) is 3.38. The van der Waals surface area contributed by atoms with Gasteiger partial charge in [-0.15, -0.1) is 0 Å². The Morgan fingerprint density at radius 2 is 2.15 bits per heavy atom. The Morgan fingerprint density at radius 3 is 2.77 bits per heavy atom. The maximum absolute atomic E-state index is 5.56. The van der Waals surface area contributed by atoms with E-state index < -0.39 is 0 Å². The average Bonchev–Trinajstić information content (AvgIpc) is 2.53. The summed E-state index contributed by atoms with van der Waals surface area (Å²) in [7, 11) is 0. The molecule has 1 aromatic rings. The summed E-state index contributed by atoms with van der Waals surface area (Å²) in [6.07, 6.45) is 1.17. The van der Waals surface area contributed by atoms with Gasteiger partial charge in [0.25, 0.3) is 0 Å². The van der Waals surface area contributed by atoms with E-state index in [1.807, 2.05) is 6.07 Å². The minimum absolute atomic E-state index is 0.206. The van der Waals surface area contributed by atoms with Crippen LogP contribution in [0.4, 0.5) is 0 Å². The number of nitrogens with one attached hydrogen (secondary N) is 1. The van der Waals surface area contributed by atoms with Crippen LogP contribution < -0.4 is 5.32 Å². The third-order valence-electron chi connectivity index (χ3n) is 2.28. The first-order valence-electron chi connectivity index (χ1n) is 4.76. The van der Waals surface area contributed by atoms with E-state index in [-0.39, 0.29) is 6.23 Å². The SMILES string of the molecule is CC1COC(Cc2ccccc2)N1. The van der Waals surface area contributed by atoms with Crippen LogP contribution >= 0.6 is 0 Å². The first-order valence-corrected chi connectivity index (χ1v) is 4.76. The lowest BCUT2D eigenvalue weighted by Gasteiger charge is -2.09. The molecule has 1 N–H and O–H groups in total. The number of ether oxygens (including phenoxy) is 1. The van der Waals surface area contributed by atoms with Crippen LogP contribution in [-0.4, -0.2) is 18.9 Å². The molecule has 2 nitrogen and oxygen atoms in total. The summed E-state index contributed by atoms with van der Waals surface area (Å²) < 4.78 is 5.56. The molecule has 0 spiro atoms. The van der Waals surface area contributed by atoms with Crippen molar-refractivity contribution in [3.63, 3.8) is 0 Å². The molecule has 70 valence electrons. The van der Waals surface area contributed by atoms with Crippen LogP contribution in [-0.2, 0) is 11.2 Å². The highest BCUT2D eigenvalue weighted by Gasteiger charge is 2.20. The third-order valence-corrected chi connectivity index (χ3v) is 2.28. The van der Waals surface area contributed by atoms with Crippen molar-refractivity contribution in [1.29, 1.82) is 0 Å². The summed E-state index contributed by atoms with van der Waals surface area (Å²) in [6, 6.07) is 10.9. The van der Waals surface area contributed by atoms with Gasteiger partial charge < -0.3 is 4.74 Å². The minimum Gasteiger partial charge on any atom is -0.361 e. The molecule has 0 radical (unpaired) electrons. The molecule has 2 atom stereocenters. The fraction of sp³-hybridized carbons (Fsp3) is 0.455. The molecule has 1 fully saturated rings. The Kier molecular flexibility index (Phi) is 2.62. The molecule has 0 aliphatic carbocycles. The molecule has 2 rings (SSSR count). The monoisotopic (exact) mass is 177 g/mol. The van der Waals surface area contributed by atoms with Gasteiger partial charge in [-0.1, -0.05) is 30.3 Å². The van der Waals surface area contributed by atoms with Crippen molar-refractivity contribution in [1.82, 2.24) is 5.32 Å². The average molecular weight is 177 g/mol. The van der Waals surface area contributed by atoms with E-state index in [2.05, 4.69) is 36.5 Å². The number of rotatable bonds is 2. The fourth-order valence-electron chi connectivity index (χ4n) is 1.62. The molecule has 2 heteroatoms. The molecule has 2 unspecified atom stereocenters. The molecule has 1 heterocycles. The Bertz CT molecular complexity index is 260. The van der Waals surface area contributed by atoms with Gasteiger partial charge in [0.2, 0.25) is 0 Å². The van der Waals surface area contributed by atoms with E-state index in [0.29, 0.717) is 6.04 Å². The van der Waals surface area contributed by atoms with Crippen molar-refractivity contribution in [2.24, 2.45) is 0 Å². The minimum atomic E-state index is 0.206. The van der Waals surface area contributed by atoms with Gasteiger partial charge in [-0.3, -0.25) is 5.32 Å². The Balaban J connectivity index is 1.92. The molecule has 1 aliphatic heterocycles. The fourth-order valence-corrected chi connectivity index (χ4v) is 1.62. The topological polar surface area (TPSA) is 21.3 Å². The summed E-state index contributed by atoms with van der Waals surface area (Å²) in [5.41, 5.74) is 1.33. The second-order valence-electron chi connectivity index (χ2n) is 3.58. The van der Waals surface area contributed by atoms with Crippen molar-refractivity contribution in [2.75, 3.05) is 6.61 Å². The maximum Gasteiger partial charge on any atom is 0.112 e. The van der Waals surface area contributed by atoms with Crippen LogP contribution in [0.15, 0.2) is 30.3 Å². The number of hydrogen-bond acceptors (Lipinski definition) is 2. The first kappa shape index (κ1) is 8.73. The predicted octanol–water partition coefficient (Wildman–Crippen LogP) is 1.56. The summed E-state index contributed by atoms with van der Waals surface area (Å²) in [4.78, 5) is 0. The summed E-state index contributed by atoms with van der Waals surface area (Å²) >= 11 is 0. The lowest BCUT2D eigenvalue weighted by atomic mass is 10.1. The van der Waals surface area contributed by atoms with Crippen LogP contribution in [0.5, 0.6) is 0 Å². The van der Waals surface area contributed by atoms with Crippen LogP contribution in [0.1, 0.15) is 12.5 Å². The molecule has 1 aromatic carbocycles. The highest BCUT2D eigenvalue weighted by molar-refractivity contribution is 5.15. The quantitative estimate of drug-likeness (QED) is 0.740. The predicted molar refractivity (Wildman–Crippen MR) is 52.5 cm³/mol. The van der Waals surface area contributed by atoms with Gasteiger partial charge >= 0.3 is 0 Å². The molecule has 1 aliphatic rings. The van der Waals surface area contributed by atoms with Crippen LogP contribution in [0, 0.1) is 0 Å². The smallest absolute Gasteiger partial charge is 0.112 e. The number of benzene rings is 1. The van der Waals surface area contributed by atoms with Gasteiger partial charge in [-0.05, 0) is 12.5 Å². The largest absolute Gasteiger partial charge is 0.361 e. The Hall–Kier alpha value is -0.860. The van der Waals surface area contributed by atoms with Gasteiger partial charge in [-0.25, -0.2) is 0 Å². The Labute approximate surface area is 78.9 Å². The molecular formula is C11H15NO. The van der Waals surface area contributed by atoms with E-state index in [1.54, 1.807) is 0 Å². The van der Waals surface area contributed by atoms with Crippen LogP contribution in [0.3, 0.4) is 0 Å². The molecule has 0 bridgehead atoms. The number of hydrogen-bond donors (Lipinski definition) is 1. The van der Waals surface area contributed by atoms with Gasteiger partial charge in [-0.2, -0.15) is 0 Å². The van der Waals surface area contributed by atoms with Crippen molar-refractivity contribution < 1.29 is 4.74 Å². The maximum atomic E-state index is 5.56. The van der Waals surface area contributed by atoms with E-state index in [9.17, 15) is 0 Å². The standard InChI is InChI=1S/C11H15NO/c1-9-8-13-11(12-9)7-10-5-3-2-4-6-10/h2-6,9,11-12H,7-8H2,1H3. The summed E-state index contributed by atoms with van der Waals surface area (Å²) in [5.74, 6) is 0. The van der Waals surface area contributed by atoms with Gasteiger partial charge in [0.05, 0.1) is 6.61 Å². The van der Waals surface area contributed by atoms with E-state index in [1.165, 1.54) is 5.56 Å². The zero-order valence-electron chi connectivity index (χ0n) is 7.86. The second-order valence-corrected chi connectivity index (χ2v) is 3.58. The molecule has 13 heavy (non-hydrogen) atoms. The van der Waals surface area contributed by atoms with Crippen LogP contribution in [0.25, 0.3) is 0 Å². The van der Waals surface area contributed by atoms with Crippen molar-refractivity contribution in [3.05, 3.63) is 35.9 Å². The van der Waals surface area contributed by atoms with Gasteiger partial charge in [0.15, 0.2) is 0 Å². The Morgan fingerprint density at radius 1 is 1.38 bits per heavy atom. The highest BCUT2D eigenvalue weighted by atomic mass is 16.5. The molecule has 1 saturated heterocycles. The van der Waals surface area contributed by atoms with Gasteiger partial charge in [0.1, 0.15) is 6.23 Å². The highest BCUT2D eigenvalue weighted by Crippen LogP contribution is 2.09.